The zero-order chi connectivity index (χ0) is 15.9. The largest absolute Gasteiger partial charge is 0.493 e. The molecule has 1 heterocycles. The zero-order valence-electron chi connectivity index (χ0n) is 12.2. The summed E-state index contributed by atoms with van der Waals surface area (Å²) in [6.45, 7) is 0. The van der Waals surface area contributed by atoms with Crippen molar-refractivity contribution < 1.29 is 19.1 Å². The summed E-state index contributed by atoms with van der Waals surface area (Å²) in [5.41, 5.74) is 1.99. The van der Waals surface area contributed by atoms with E-state index in [1.807, 2.05) is 0 Å². The fourth-order valence-electron chi connectivity index (χ4n) is 1.79. The summed E-state index contributed by atoms with van der Waals surface area (Å²) in [6, 6.07) is 4.91. The number of Topliss-reactive ketones (excluding diaryl/α,β-unsaturated/α-hetero) is 1. The Bertz CT molecular complexity index is 658. The molecule has 1 aromatic carbocycles. The number of rotatable bonds is 7. The highest BCUT2D eigenvalue weighted by molar-refractivity contribution is 7.13. The molecule has 0 unspecified atom stereocenters. The number of amides is 1. The van der Waals surface area contributed by atoms with E-state index in [-0.39, 0.29) is 24.5 Å². The molecule has 22 heavy (non-hydrogen) atoms. The van der Waals surface area contributed by atoms with Crippen LogP contribution in [0.3, 0.4) is 0 Å². The van der Waals surface area contributed by atoms with Crippen molar-refractivity contribution in [2.75, 3.05) is 19.5 Å². The minimum atomic E-state index is -0.273. The number of hydrogen-bond acceptors (Lipinski definition) is 7. The first-order chi connectivity index (χ1) is 10.6. The number of aromatic nitrogens is 2. The fraction of sp³-hybridized carbons (Fsp3) is 0.286. The standard InChI is InChI=1S/C14H15N3O4S/c1-20-11-5-3-9(7-12(11)21-2)10(18)4-6-13(19)16-14-17-15-8-22-14/h3,5,7-8H,4,6H2,1-2H3,(H,16,17,19). The summed E-state index contributed by atoms with van der Waals surface area (Å²) in [6.07, 6.45) is 0.173. The summed E-state index contributed by atoms with van der Waals surface area (Å²) in [7, 11) is 3.03. The van der Waals surface area contributed by atoms with Gasteiger partial charge in [0.25, 0.3) is 0 Å². The van der Waals surface area contributed by atoms with Gasteiger partial charge >= 0.3 is 0 Å². The molecule has 1 aromatic heterocycles. The van der Waals surface area contributed by atoms with Crippen molar-refractivity contribution >= 4 is 28.2 Å². The van der Waals surface area contributed by atoms with Gasteiger partial charge in [-0.1, -0.05) is 11.3 Å². The van der Waals surface area contributed by atoms with Gasteiger partial charge in [0.15, 0.2) is 17.3 Å². The van der Waals surface area contributed by atoms with Crippen molar-refractivity contribution in [3.63, 3.8) is 0 Å². The first-order valence-electron chi connectivity index (χ1n) is 6.45. The predicted octanol–water partition coefficient (Wildman–Crippen LogP) is 2.16. The van der Waals surface area contributed by atoms with E-state index in [4.69, 9.17) is 9.47 Å². The van der Waals surface area contributed by atoms with Crippen LogP contribution in [0.2, 0.25) is 0 Å². The second kappa shape index (κ2) is 7.51. The van der Waals surface area contributed by atoms with Crippen molar-refractivity contribution in [3.8, 4) is 11.5 Å². The lowest BCUT2D eigenvalue weighted by atomic mass is 10.1. The predicted molar refractivity (Wildman–Crippen MR) is 81.6 cm³/mol. The normalized spacial score (nSPS) is 10.1. The molecular weight excluding hydrogens is 306 g/mol. The van der Waals surface area contributed by atoms with Crippen LogP contribution in [-0.2, 0) is 4.79 Å². The van der Waals surface area contributed by atoms with Crippen LogP contribution in [0.1, 0.15) is 23.2 Å². The van der Waals surface area contributed by atoms with Crippen molar-refractivity contribution in [2.24, 2.45) is 0 Å². The highest BCUT2D eigenvalue weighted by atomic mass is 32.1. The summed E-state index contributed by atoms with van der Waals surface area (Å²) in [4.78, 5) is 23.8. The number of nitrogens with zero attached hydrogens (tertiary/aromatic N) is 2. The van der Waals surface area contributed by atoms with Gasteiger partial charge in [-0.3, -0.25) is 9.59 Å². The van der Waals surface area contributed by atoms with Crippen LogP contribution < -0.4 is 14.8 Å². The van der Waals surface area contributed by atoms with Gasteiger partial charge in [-0.2, -0.15) is 0 Å². The van der Waals surface area contributed by atoms with E-state index in [9.17, 15) is 9.59 Å². The Labute approximate surface area is 131 Å². The van der Waals surface area contributed by atoms with Gasteiger partial charge in [0.1, 0.15) is 5.51 Å². The molecule has 7 nitrogen and oxygen atoms in total. The van der Waals surface area contributed by atoms with E-state index in [2.05, 4.69) is 15.5 Å². The van der Waals surface area contributed by atoms with Crippen molar-refractivity contribution in [1.29, 1.82) is 0 Å². The van der Waals surface area contributed by atoms with Gasteiger partial charge in [0.05, 0.1) is 14.2 Å². The Balaban J connectivity index is 1.93. The van der Waals surface area contributed by atoms with Gasteiger partial charge in [-0.05, 0) is 18.2 Å². The third-order valence-corrected chi connectivity index (χ3v) is 3.50. The van der Waals surface area contributed by atoms with E-state index in [0.717, 1.165) is 0 Å². The molecule has 0 saturated carbocycles. The Morgan fingerprint density at radius 1 is 1.18 bits per heavy atom. The topological polar surface area (TPSA) is 90.4 Å². The number of anilines is 1. The number of ketones is 1. The minimum absolute atomic E-state index is 0.0761. The van der Waals surface area contributed by atoms with Crippen LogP contribution in [0, 0.1) is 0 Å². The Morgan fingerprint density at radius 2 is 1.95 bits per heavy atom. The molecule has 0 bridgehead atoms. The van der Waals surface area contributed by atoms with E-state index in [1.165, 1.54) is 31.1 Å². The first kappa shape index (κ1) is 15.9. The Hall–Kier alpha value is -2.48. The fourth-order valence-corrected chi connectivity index (χ4v) is 2.25. The molecule has 0 fully saturated rings. The first-order valence-corrected chi connectivity index (χ1v) is 7.33. The third kappa shape index (κ3) is 4.01. The number of ether oxygens (including phenoxy) is 2. The highest BCUT2D eigenvalue weighted by Gasteiger charge is 2.13. The van der Waals surface area contributed by atoms with E-state index in [0.29, 0.717) is 22.2 Å². The molecule has 2 rings (SSSR count). The monoisotopic (exact) mass is 321 g/mol. The molecule has 116 valence electrons. The van der Waals surface area contributed by atoms with Crippen LogP contribution >= 0.6 is 11.3 Å². The van der Waals surface area contributed by atoms with Crippen LogP contribution in [0.25, 0.3) is 0 Å². The average Bonchev–Trinajstić information content (AvgIpc) is 3.04. The molecule has 2 aromatic rings. The second-order valence-corrected chi connectivity index (χ2v) is 5.12. The molecular formula is C14H15N3O4S. The number of hydrogen-bond donors (Lipinski definition) is 1. The lowest BCUT2D eigenvalue weighted by Crippen LogP contribution is -2.13. The molecule has 0 saturated heterocycles. The summed E-state index contributed by atoms with van der Waals surface area (Å²) >= 11 is 1.22. The number of carbonyl (C=O) groups excluding carboxylic acids is 2. The maximum Gasteiger partial charge on any atom is 0.226 e. The molecule has 0 aliphatic heterocycles. The molecule has 0 spiro atoms. The van der Waals surface area contributed by atoms with Crippen LogP contribution in [0.5, 0.6) is 11.5 Å². The summed E-state index contributed by atoms with van der Waals surface area (Å²) in [5.74, 6) is 0.610. The highest BCUT2D eigenvalue weighted by Crippen LogP contribution is 2.28. The van der Waals surface area contributed by atoms with Gasteiger partial charge in [-0.25, -0.2) is 0 Å². The summed E-state index contributed by atoms with van der Waals surface area (Å²) < 4.78 is 10.3. The lowest BCUT2D eigenvalue weighted by molar-refractivity contribution is -0.116. The third-order valence-electron chi connectivity index (χ3n) is 2.89. The SMILES string of the molecule is COc1ccc(C(=O)CCC(=O)Nc2nncs2)cc1OC. The molecule has 8 heteroatoms. The van der Waals surface area contributed by atoms with E-state index >= 15 is 0 Å². The number of carbonyl (C=O) groups is 2. The average molecular weight is 321 g/mol. The van der Waals surface area contributed by atoms with Crippen molar-refractivity contribution in [1.82, 2.24) is 10.2 Å². The number of methoxy groups -OCH3 is 2. The molecule has 0 aliphatic rings. The molecule has 0 radical (unpaired) electrons. The van der Waals surface area contributed by atoms with E-state index < -0.39 is 0 Å². The van der Waals surface area contributed by atoms with Crippen LogP contribution in [0.4, 0.5) is 5.13 Å². The van der Waals surface area contributed by atoms with Crippen molar-refractivity contribution in [2.45, 2.75) is 12.8 Å². The zero-order valence-corrected chi connectivity index (χ0v) is 13.0. The van der Waals surface area contributed by atoms with Gasteiger partial charge in [0, 0.05) is 18.4 Å². The van der Waals surface area contributed by atoms with Crippen LogP contribution in [-0.4, -0.2) is 36.1 Å². The van der Waals surface area contributed by atoms with Crippen LogP contribution in [0.15, 0.2) is 23.7 Å². The van der Waals surface area contributed by atoms with E-state index in [1.54, 1.807) is 18.2 Å². The van der Waals surface area contributed by atoms with Gasteiger partial charge in [-0.15, -0.1) is 10.2 Å². The van der Waals surface area contributed by atoms with Gasteiger partial charge in [0.2, 0.25) is 11.0 Å². The molecule has 1 amide bonds. The Kier molecular flexibility index (Phi) is 5.42. The van der Waals surface area contributed by atoms with Gasteiger partial charge < -0.3 is 14.8 Å². The number of nitrogens with one attached hydrogen (secondary N) is 1. The maximum atomic E-state index is 12.1. The lowest BCUT2D eigenvalue weighted by Gasteiger charge is -2.09. The molecule has 0 atom stereocenters. The molecule has 1 N–H and O–H groups in total. The van der Waals surface area contributed by atoms with Crippen molar-refractivity contribution in [3.05, 3.63) is 29.3 Å². The minimum Gasteiger partial charge on any atom is -0.493 e. The smallest absolute Gasteiger partial charge is 0.226 e. The molecule has 0 aliphatic carbocycles. The maximum absolute atomic E-state index is 12.1. The Morgan fingerprint density at radius 3 is 2.59 bits per heavy atom. The quantitative estimate of drug-likeness (QED) is 0.786. The number of benzene rings is 1. The second-order valence-electron chi connectivity index (χ2n) is 4.28. The summed E-state index contributed by atoms with van der Waals surface area (Å²) in [5, 5.41) is 10.3.